The lowest BCUT2D eigenvalue weighted by Gasteiger charge is -2.39. The van der Waals surface area contributed by atoms with Crippen molar-refractivity contribution in [1.82, 2.24) is 9.97 Å². The predicted molar refractivity (Wildman–Crippen MR) is 205 cm³/mol. The number of aromatic nitrogens is 2. The number of halogens is 2. The minimum absolute atomic E-state index is 0.176. The van der Waals surface area contributed by atoms with E-state index in [1.807, 2.05) is 9.62 Å². The van der Waals surface area contributed by atoms with Crippen LogP contribution in [0.3, 0.4) is 0 Å². The fraction of sp³-hybridized carbons (Fsp3) is 0.625. The molecule has 0 N–H and O–H groups in total. The normalized spacial score (nSPS) is 21.3. The molecule has 0 amide bonds. The molecule has 0 aromatic carbocycles. The Hall–Kier alpha value is -1.32. The fourth-order valence-electron chi connectivity index (χ4n) is 5.03. The highest BCUT2D eigenvalue weighted by atomic mass is 79.9. The molecule has 2 atom stereocenters. The van der Waals surface area contributed by atoms with Crippen LogP contribution in [0.2, 0.25) is 36.3 Å². The number of fused-ring (bicyclic) bond motifs is 2. The summed E-state index contributed by atoms with van der Waals surface area (Å²) in [5, 5.41) is 0.351. The van der Waals surface area contributed by atoms with E-state index in [9.17, 15) is 9.59 Å². The molecule has 0 aliphatic carbocycles. The molecule has 2 aliphatic rings. The number of anilines is 2. The Labute approximate surface area is 297 Å². The molecule has 8 nitrogen and oxygen atoms in total. The number of hydrogen-bond acceptors (Lipinski definition) is 8. The van der Waals surface area contributed by atoms with Crippen LogP contribution < -0.4 is 9.62 Å². The molecule has 0 bridgehead atoms. The smallest absolute Gasteiger partial charge is 0.330 e. The summed E-state index contributed by atoms with van der Waals surface area (Å²) in [5.41, 5.74) is 1.90. The molecule has 2 aromatic heterocycles. The van der Waals surface area contributed by atoms with Gasteiger partial charge in [0.25, 0.3) is 0 Å². The molecular formula is C32H50B2Br2N4O4Si2. The van der Waals surface area contributed by atoms with E-state index in [-0.39, 0.29) is 20.9 Å². The summed E-state index contributed by atoms with van der Waals surface area (Å²) in [5.74, 6) is 1.70. The van der Waals surface area contributed by atoms with Gasteiger partial charge in [0.15, 0.2) is 16.6 Å². The third-order valence-electron chi connectivity index (χ3n) is 10.1. The highest BCUT2D eigenvalue weighted by Crippen LogP contribution is 2.44. The quantitative estimate of drug-likeness (QED) is 0.181. The largest absolute Gasteiger partial charge is 0.416 e. The molecule has 250 valence electrons. The van der Waals surface area contributed by atoms with E-state index < -0.39 is 16.6 Å². The molecule has 2 aromatic rings. The second-order valence-electron chi connectivity index (χ2n) is 16.1. The highest BCUT2D eigenvalue weighted by Gasteiger charge is 2.45. The van der Waals surface area contributed by atoms with Gasteiger partial charge in [-0.1, -0.05) is 55.4 Å². The van der Waals surface area contributed by atoms with E-state index in [1.165, 1.54) is 0 Å². The maximum absolute atomic E-state index is 10.9. The lowest BCUT2D eigenvalue weighted by Crippen LogP contribution is -2.46. The first-order valence-corrected chi connectivity index (χ1v) is 23.1. The first kappa shape index (κ1) is 39.1. The third-order valence-corrected chi connectivity index (χ3v) is 20.0. The van der Waals surface area contributed by atoms with E-state index in [1.54, 1.807) is 27.2 Å². The van der Waals surface area contributed by atoms with Gasteiger partial charge < -0.3 is 28.1 Å². The summed E-state index contributed by atoms with van der Waals surface area (Å²) in [4.78, 5) is 34.7. The molecule has 0 fully saturated rings. The van der Waals surface area contributed by atoms with E-state index in [0.29, 0.717) is 26.3 Å². The minimum atomic E-state index is -1.83. The molecule has 46 heavy (non-hydrogen) atoms. The molecule has 0 spiro atoms. The van der Waals surface area contributed by atoms with Crippen molar-refractivity contribution in [3.05, 3.63) is 44.6 Å². The number of nitrogens with zero attached hydrogens (tertiary/aromatic N) is 4. The topological polar surface area (TPSA) is 84.9 Å². The Morgan fingerprint density at radius 1 is 0.761 bits per heavy atom. The van der Waals surface area contributed by atoms with Crippen LogP contribution in [0.15, 0.2) is 33.5 Å². The summed E-state index contributed by atoms with van der Waals surface area (Å²) in [6.07, 6.45) is 5.16. The van der Waals surface area contributed by atoms with E-state index >= 15 is 0 Å². The van der Waals surface area contributed by atoms with Crippen LogP contribution in [0.25, 0.3) is 0 Å². The van der Waals surface area contributed by atoms with Gasteiger partial charge in [-0.3, -0.25) is 0 Å². The molecule has 2 radical (unpaired) electrons. The van der Waals surface area contributed by atoms with Crippen molar-refractivity contribution in [2.45, 2.75) is 102 Å². The van der Waals surface area contributed by atoms with Crippen molar-refractivity contribution < 1.29 is 18.4 Å². The fourth-order valence-corrected chi connectivity index (χ4v) is 7.92. The number of rotatable bonds is 10. The molecule has 0 saturated heterocycles. The average Bonchev–Trinajstić information content (AvgIpc) is 3.36. The standard InChI is InChI=1S/2C16H25BBrN2O2Si/c2*1-15(2,3)23(5,6)22-10-16(4)9-20(17-11-21)14-13(16)7-12(18)8-19-14/h2*7-8,11H,9-10H2,1-6H3. The van der Waals surface area contributed by atoms with Gasteiger partial charge in [-0.05, 0) is 80.3 Å². The maximum Gasteiger partial charge on any atom is 0.330 e. The number of hydrogen-bond donors (Lipinski definition) is 0. The molecule has 2 aliphatic heterocycles. The van der Waals surface area contributed by atoms with Crippen LogP contribution in [0.1, 0.15) is 66.5 Å². The number of carbonyl (C=O) groups is 2. The van der Waals surface area contributed by atoms with Crippen LogP contribution in [-0.4, -0.2) is 80.1 Å². The Morgan fingerprint density at radius 2 is 1.09 bits per heavy atom. The van der Waals surface area contributed by atoms with Crippen LogP contribution in [-0.2, 0) is 29.3 Å². The van der Waals surface area contributed by atoms with Crippen molar-refractivity contribution in [2.75, 3.05) is 35.9 Å². The number of pyridine rings is 2. The van der Waals surface area contributed by atoms with E-state index in [4.69, 9.17) is 8.85 Å². The maximum atomic E-state index is 10.9. The number of carbonyl (C=O) groups excluding carboxylic acids is 2. The van der Waals surface area contributed by atoms with Gasteiger partial charge in [0.05, 0.1) is 0 Å². The Kier molecular flexibility index (Phi) is 12.1. The lowest BCUT2D eigenvalue weighted by atomic mass is 9.86. The SMILES string of the molecule is CC1(CO[Si](C)(C)C(C)(C)C)CN([B]C=O)c2ncc(Br)cc21.CC1(CO[Si](C)(C)C(C)(C)C)CN([B]C=O)c2ncc(Br)cc21. The molecule has 14 heteroatoms. The average molecular weight is 792 g/mol. The van der Waals surface area contributed by atoms with Gasteiger partial charge in [-0.15, -0.1) is 0 Å². The lowest BCUT2D eigenvalue weighted by molar-refractivity contribution is 0.218. The molecule has 2 unspecified atom stereocenters. The second-order valence-corrected chi connectivity index (χ2v) is 27.5. The van der Waals surface area contributed by atoms with Crippen LogP contribution >= 0.6 is 31.9 Å². The molecule has 4 rings (SSSR count). The molecular weight excluding hydrogens is 742 g/mol. The summed E-state index contributed by atoms with van der Waals surface area (Å²) >= 11 is 7.01. The minimum Gasteiger partial charge on any atom is -0.416 e. The van der Waals surface area contributed by atoms with Gasteiger partial charge in [0.2, 0.25) is 0 Å². The summed E-state index contributed by atoms with van der Waals surface area (Å²) in [6, 6.07) is 4.19. The monoisotopic (exact) mass is 790 g/mol. The van der Waals surface area contributed by atoms with Gasteiger partial charge in [-0.2, -0.15) is 0 Å². The summed E-state index contributed by atoms with van der Waals surface area (Å²) in [6.45, 7) is 29.6. The second kappa shape index (κ2) is 14.3. The van der Waals surface area contributed by atoms with E-state index in [2.05, 4.69) is 136 Å². The zero-order valence-electron chi connectivity index (χ0n) is 29.6. The summed E-state index contributed by atoms with van der Waals surface area (Å²) < 4.78 is 14.8. The van der Waals surface area contributed by atoms with Gasteiger partial charge in [-0.25, -0.2) is 9.97 Å². The Bertz CT molecular complexity index is 1320. The highest BCUT2D eigenvalue weighted by molar-refractivity contribution is 9.10. The predicted octanol–water partition coefficient (Wildman–Crippen LogP) is 7.51. The molecule has 4 heterocycles. The Balaban J connectivity index is 0.000000250. The van der Waals surface area contributed by atoms with Gasteiger partial charge >= 0.3 is 14.8 Å². The zero-order valence-corrected chi connectivity index (χ0v) is 34.8. The Morgan fingerprint density at radius 3 is 1.37 bits per heavy atom. The third kappa shape index (κ3) is 8.63. The summed E-state index contributed by atoms with van der Waals surface area (Å²) in [7, 11) is -0.545. The first-order chi connectivity index (χ1) is 21.0. The van der Waals surface area contributed by atoms with E-state index in [0.717, 1.165) is 44.1 Å². The molecule has 0 saturated carbocycles. The van der Waals surface area contributed by atoms with Crippen molar-refractivity contribution in [3.8, 4) is 0 Å². The van der Waals surface area contributed by atoms with Crippen molar-refractivity contribution >= 4 is 87.3 Å². The van der Waals surface area contributed by atoms with Crippen LogP contribution in [0.4, 0.5) is 11.6 Å². The van der Waals surface area contributed by atoms with Crippen molar-refractivity contribution in [2.24, 2.45) is 0 Å². The van der Waals surface area contributed by atoms with Crippen LogP contribution in [0, 0.1) is 0 Å². The van der Waals surface area contributed by atoms with Crippen LogP contribution in [0.5, 0.6) is 0 Å². The first-order valence-electron chi connectivity index (χ1n) is 15.7. The van der Waals surface area contributed by atoms with Crippen molar-refractivity contribution in [1.29, 1.82) is 0 Å². The zero-order chi connectivity index (χ0) is 34.9. The van der Waals surface area contributed by atoms with Crippen molar-refractivity contribution in [3.63, 3.8) is 0 Å². The van der Waals surface area contributed by atoms with Gasteiger partial charge in [0, 0.05) is 69.6 Å². The van der Waals surface area contributed by atoms with Gasteiger partial charge in [0.1, 0.15) is 24.0 Å².